The van der Waals surface area contributed by atoms with Crippen LogP contribution in [0.15, 0.2) is 54.6 Å². The van der Waals surface area contributed by atoms with E-state index in [2.05, 4.69) is 54.7 Å². The lowest BCUT2D eigenvalue weighted by Crippen LogP contribution is -2.29. The largest absolute Gasteiger partial charge is 0.481 e. The van der Waals surface area contributed by atoms with E-state index in [1.165, 1.54) is 16.7 Å². The van der Waals surface area contributed by atoms with Gasteiger partial charge in [0.05, 0.1) is 12.5 Å². The van der Waals surface area contributed by atoms with Crippen LogP contribution in [0, 0.1) is 12.8 Å². The first-order valence-electron chi connectivity index (χ1n) is 8.46. The minimum atomic E-state index is -0.783. The van der Waals surface area contributed by atoms with Crippen molar-refractivity contribution in [3.05, 3.63) is 76.9 Å². The van der Waals surface area contributed by atoms with Crippen molar-refractivity contribution in [2.75, 3.05) is 5.32 Å². The fourth-order valence-electron chi connectivity index (χ4n) is 4.12. The number of aryl methyl sites for hydroxylation is 1. The normalized spacial score (nSPS) is 24.1. The molecular formula is C21H21NO2. The zero-order chi connectivity index (χ0) is 16.7. The van der Waals surface area contributed by atoms with E-state index < -0.39 is 5.97 Å². The van der Waals surface area contributed by atoms with Gasteiger partial charge in [0.2, 0.25) is 0 Å². The summed E-state index contributed by atoms with van der Waals surface area (Å²) in [5.41, 5.74) is 5.84. The Kier molecular flexibility index (Phi) is 3.64. The van der Waals surface area contributed by atoms with E-state index in [-0.39, 0.29) is 6.42 Å². The number of hydrogen-bond acceptors (Lipinski definition) is 2. The van der Waals surface area contributed by atoms with Crippen LogP contribution in [0.5, 0.6) is 0 Å². The zero-order valence-electron chi connectivity index (χ0n) is 13.7. The molecule has 0 saturated carbocycles. The van der Waals surface area contributed by atoms with Gasteiger partial charge in [-0.25, -0.2) is 0 Å². The molecule has 4 rings (SSSR count). The Hall–Kier alpha value is -2.55. The van der Waals surface area contributed by atoms with E-state index in [0.717, 1.165) is 17.7 Å². The summed E-state index contributed by atoms with van der Waals surface area (Å²) in [5.74, 6) is 0.0646. The smallest absolute Gasteiger partial charge is 0.307 e. The topological polar surface area (TPSA) is 49.3 Å². The van der Waals surface area contributed by atoms with Crippen molar-refractivity contribution >= 4 is 11.7 Å². The number of hydrogen-bond donors (Lipinski definition) is 2. The number of carboxylic acid groups (broad SMARTS) is 1. The number of benzene rings is 2. The van der Waals surface area contributed by atoms with Gasteiger partial charge in [-0.2, -0.15) is 0 Å². The monoisotopic (exact) mass is 319 g/mol. The second kappa shape index (κ2) is 5.82. The Bertz CT molecular complexity index is 824. The number of fused-ring (bicyclic) bond motifs is 3. The van der Waals surface area contributed by atoms with Crippen molar-refractivity contribution in [2.24, 2.45) is 5.92 Å². The Morgan fingerprint density at radius 1 is 1.25 bits per heavy atom. The van der Waals surface area contributed by atoms with Gasteiger partial charge in [0.25, 0.3) is 0 Å². The summed E-state index contributed by atoms with van der Waals surface area (Å²) in [6.45, 7) is 2.13. The van der Waals surface area contributed by atoms with E-state index >= 15 is 0 Å². The number of carboxylic acids is 1. The van der Waals surface area contributed by atoms with Crippen LogP contribution in [0.3, 0.4) is 0 Å². The summed E-state index contributed by atoms with van der Waals surface area (Å²) in [6, 6.07) is 15.0. The molecule has 0 radical (unpaired) electrons. The van der Waals surface area contributed by atoms with E-state index in [0.29, 0.717) is 17.9 Å². The van der Waals surface area contributed by atoms with Crippen LogP contribution in [-0.2, 0) is 11.2 Å². The molecule has 0 amide bonds. The molecule has 1 aliphatic heterocycles. The molecule has 0 saturated heterocycles. The highest BCUT2D eigenvalue weighted by molar-refractivity contribution is 5.71. The lowest BCUT2D eigenvalue weighted by Gasteiger charge is -2.38. The number of rotatable bonds is 3. The van der Waals surface area contributed by atoms with Crippen LogP contribution in [-0.4, -0.2) is 11.1 Å². The molecule has 3 atom stereocenters. The van der Waals surface area contributed by atoms with Gasteiger partial charge in [0, 0.05) is 11.6 Å². The van der Waals surface area contributed by atoms with Gasteiger partial charge < -0.3 is 10.4 Å². The third-order valence-electron chi connectivity index (χ3n) is 5.18. The Morgan fingerprint density at radius 3 is 2.92 bits per heavy atom. The van der Waals surface area contributed by atoms with Gasteiger partial charge in [0.1, 0.15) is 0 Å². The first kappa shape index (κ1) is 15.0. The van der Waals surface area contributed by atoms with Gasteiger partial charge in [-0.1, -0.05) is 54.1 Å². The highest BCUT2D eigenvalue weighted by Gasteiger charge is 2.37. The molecule has 0 aromatic heterocycles. The standard InChI is InChI=1S/C21H21NO2/c1-13-4-2-5-15(10-13)21-17-7-3-6-16(17)18-11-14(12-20(23)24)8-9-19(18)22-21/h2-6,8-11,16-17,21-22H,7,12H2,1H3,(H,23,24). The van der Waals surface area contributed by atoms with Crippen molar-refractivity contribution in [1.82, 2.24) is 0 Å². The lowest BCUT2D eigenvalue weighted by atomic mass is 9.76. The number of allylic oxidation sites excluding steroid dienone is 2. The molecule has 2 N–H and O–H groups in total. The first-order valence-corrected chi connectivity index (χ1v) is 8.46. The first-order chi connectivity index (χ1) is 11.6. The van der Waals surface area contributed by atoms with Crippen molar-refractivity contribution < 1.29 is 9.90 Å². The number of aliphatic carboxylic acids is 1. The molecule has 0 fully saturated rings. The predicted octanol–water partition coefficient (Wildman–Crippen LogP) is 4.45. The summed E-state index contributed by atoms with van der Waals surface area (Å²) in [7, 11) is 0. The van der Waals surface area contributed by atoms with Crippen molar-refractivity contribution in [3.8, 4) is 0 Å². The summed E-state index contributed by atoms with van der Waals surface area (Å²) in [4.78, 5) is 11.0. The van der Waals surface area contributed by atoms with Crippen LogP contribution >= 0.6 is 0 Å². The highest BCUT2D eigenvalue weighted by Crippen LogP contribution is 2.49. The van der Waals surface area contributed by atoms with Crippen LogP contribution in [0.25, 0.3) is 0 Å². The van der Waals surface area contributed by atoms with Gasteiger partial charge >= 0.3 is 5.97 Å². The van der Waals surface area contributed by atoms with Gasteiger partial charge in [0.15, 0.2) is 0 Å². The maximum atomic E-state index is 11.0. The third kappa shape index (κ3) is 2.60. The van der Waals surface area contributed by atoms with E-state index in [1.807, 2.05) is 12.1 Å². The van der Waals surface area contributed by atoms with Crippen molar-refractivity contribution in [2.45, 2.75) is 31.7 Å². The molecular weight excluding hydrogens is 298 g/mol. The van der Waals surface area contributed by atoms with E-state index in [4.69, 9.17) is 5.11 Å². The molecule has 3 nitrogen and oxygen atoms in total. The second-order valence-electron chi connectivity index (χ2n) is 6.88. The fourth-order valence-corrected chi connectivity index (χ4v) is 4.12. The third-order valence-corrected chi connectivity index (χ3v) is 5.18. The number of anilines is 1. The minimum Gasteiger partial charge on any atom is -0.481 e. The summed E-state index contributed by atoms with van der Waals surface area (Å²) in [5, 5.41) is 12.8. The number of nitrogens with one attached hydrogen (secondary N) is 1. The average molecular weight is 319 g/mol. The van der Waals surface area contributed by atoms with Gasteiger partial charge in [-0.3, -0.25) is 4.79 Å². The molecule has 2 aromatic carbocycles. The Labute approximate surface area is 142 Å². The maximum absolute atomic E-state index is 11.0. The quantitative estimate of drug-likeness (QED) is 0.822. The van der Waals surface area contributed by atoms with E-state index in [1.54, 1.807) is 0 Å². The molecule has 0 spiro atoms. The molecule has 1 aliphatic carbocycles. The Balaban J connectivity index is 1.73. The lowest BCUT2D eigenvalue weighted by molar-refractivity contribution is -0.136. The van der Waals surface area contributed by atoms with Crippen molar-refractivity contribution in [1.29, 1.82) is 0 Å². The Morgan fingerprint density at radius 2 is 2.12 bits per heavy atom. The molecule has 3 unspecified atom stereocenters. The SMILES string of the molecule is Cc1cccc(C2Nc3ccc(CC(=O)O)cc3C3C=CCC32)c1. The summed E-state index contributed by atoms with van der Waals surface area (Å²) in [6.07, 6.45) is 5.69. The summed E-state index contributed by atoms with van der Waals surface area (Å²) >= 11 is 0. The van der Waals surface area contributed by atoms with Crippen LogP contribution in [0.1, 0.15) is 40.6 Å². The molecule has 122 valence electrons. The molecule has 2 aromatic rings. The summed E-state index contributed by atoms with van der Waals surface area (Å²) < 4.78 is 0. The second-order valence-corrected chi connectivity index (χ2v) is 6.88. The molecule has 3 heteroatoms. The predicted molar refractivity (Wildman–Crippen MR) is 95.3 cm³/mol. The highest BCUT2D eigenvalue weighted by atomic mass is 16.4. The number of carbonyl (C=O) groups is 1. The zero-order valence-corrected chi connectivity index (χ0v) is 13.7. The molecule has 2 aliphatic rings. The van der Waals surface area contributed by atoms with Crippen molar-refractivity contribution in [3.63, 3.8) is 0 Å². The van der Waals surface area contributed by atoms with Crippen LogP contribution in [0.2, 0.25) is 0 Å². The fraction of sp³-hybridized carbons (Fsp3) is 0.286. The molecule has 24 heavy (non-hydrogen) atoms. The van der Waals surface area contributed by atoms with Gasteiger partial charge in [-0.05, 0) is 42.0 Å². The van der Waals surface area contributed by atoms with Crippen LogP contribution in [0.4, 0.5) is 5.69 Å². The molecule has 0 bridgehead atoms. The average Bonchev–Trinajstić information content (AvgIpc) is 3.03. The van der Waals surface area contributed by atoms with Gasteiger partial charge in [-0.15, -0.1) is 0 Å². The van der Waals surface area contributed by atoms with Crippen LogP contribution < -0.4 is 5.32 Å². The van der Waals surface area contributed by atoms with E-state index in [9.17, 15) is 4.79 Å². The molecule has 1 heterocycles. The minimum absolute atomic E-state index is 0.0791. The maximum Gasteiger partial charge on any atom is 0.307 e.